The third kappa shape index (κ3) is 3.99. The smallest absolute Gasteiger partial charge is 0.288 e. The second-order valence-corrected chi connectivity index (χ2v) is 12.2. The van der Waals surface area contributed by atoms with E-state index in [1.165, 1.54) is 36.9 Å². The van der Waals surface area contributed by atoms with Gasteiger partial charge in [0, 0.05) is 17.9 Å². The van der Waals surface area contributed by atoms with Crippen LogP contribution in [0.5, 0.6) is 0 Å². The third-order valence-electron chi connectivity index (χ3n) is 7.58. The van der Waals surface area contributed by atoms with Crippen LogP contribution >= 0.6 is 11.6 Å². The van der Waals surface area contributed by atoms with E-state index in [2.05, 4.69) is 31.2 Å². The molecule has 0 amide bonds. The van der Waals surface area contributed by atoms with E-state index in [1.807, 2.05) is 0 Å². The summed E-state index contributed by atoms with van der Waals surface area (Å²) in [6.45, 7) is 6.63. The van der Waals surface area contributed by atoms with Crippen molar-refractivity contribution in [3.8, 4) is 0 Å². The lowest BCUT2D eigenvalue weighted by molar-refractivity contribution is -0.105. The first kappa shape index (κ1) is 23.0. The van der Waals surface area contributed by atoms with Gasteiger partial charge in [-0.15, -0.1) is 0 Å². The van der Waals surface area contributed by atoms with Gasteiger partial charge in [0.1, 0.15) is 11.6 Å². The van der Waals surface area contributed by atoms with Crippen molar-refractivity contribution in [2.24, 2.45) is 23.2 Å². The van der Waals surface area contributed by atoms with Crippen LogP contribution in [0, 0.1) is 23.2 Å². The molecule has 32 heavy (non-hydrogen) atoms. The van der Waals surface area contributed by atoms with Gasteiger partial charge >= 0.3 is 0 Å². The van der Waals surface area contributed by atoms with Gasteiger partial charge < -0.3 is 5.32 Å². The Morgan fingerprint density at radius 2 is 1.91 bits per heavy atom. The fraction of sp³-hybridized carbons (Fsp3) is 0.522. The standard InChI is InChI=1S/C23H28ClN3O4S/c1-13-17-9-15(23(17,2)3)10-18(13)26-19-11-25-27(22(29)21(19)24)12-20(28)14-5-7-16(8-6-14)32(4,30)31/h5-8,11,13,15,17-18,26H,9-10,12H2,1-4H3/t13-,15+,17-,18-/m1/s1. The maximum absolute atomic E-state index is 12.7. The number of ketones is 1. The maximum atomic E-state index is 12.7. The van der Waals surface area contributed by atoms with Crippen LogP contribution in [-0.4, -0.2) is 36.3 Å². The Morgan fingerprint density at radius 1 is 1.25 bits per heavy atom. The molecule has 1 aromatic carbocycles. The van der Waals surface area contributed by atoms with Gasteiger partial charge in [0.25, 0.3) is 5.56 Å². The summed E-state index contributed by atoms with van der Waals surface area (Å²) in [6.07, 6.45) is 4.89. The quantitative estimate of drug-likeness (QED) is 0.637. The summed E-state index contributed by atoms with van der Waals surface area (Å²) in [4.78, 5) is 25.4. The van der Waals surface area contributed by atoms with Crippen LogP contribution < -0.4 is 10.9 Å². The molecule has 0 spiro atoms. The zero-order valence-corrected chi connectivity index (χ0v) is 20.2. The van der Waals surface area contributed by atoms with E-state index >= 15 is 0 Å². The number of Topliss-reactive ketones (excluding diaryl/α,β-unsaturated/α-hetero) is 1. The molecule has 2 aromatic rings. The van der Waals surface area contributed by atoms with Crippen molar-refractivity contribution in [2.75, 3.05) is 11.6 Å². The first-order valence-corrected chi connectivity index (χ1v) is 13.0. The van der Waals surface area contributed by atoms with E-state index in [0.717, 1.165) is 17.4 Å². The van der Waals surface area contributed by atoms with E-state index in [0.29, 0.717) is 34.4 Å². The number of sulfone groups is 1. The summed E-state index contributed by atoms with van der Waals surface area (Å²) in [5.74, 6) is 1.42. The van der Waals surface area contributed by atoms with Gasteiger partial charge in [-0.1, -0.05) is 44.5 Å². The predicted octanol–water partition coefficient (Wildman–Crippen LogP) is 3.67. The van der Waals surface area contributed by atoms with Crippen LogP contribution in [0.4, 0.5) is 5.69 Å². The fourth-order valence-corrected chi connectivity index (χ4v) is 6.17. The Balaban J connectivity index is 1.47. The monoisotopic (exact) mass is 477 g/mol. The SMILES string of the molecule is C[C@@H]1[C@H]2C[C@@H](C[C@H]1Nc1cnn(CC(=O)c3ccc(S(C)(=O)=O)cc3)c(=O)c1Cl)C2(C)C. The molecule has 2 bridgehead atoms. The summed E-state index contributed by atoms with van der Waals surface area (Å²) in [5.41, 5.74) is 0.617. The van der Waals surface area contributed by atoms with Gasteiger partial charge in [0.05, 0.1) is 16.8 Å². The lowest BCUT2D eigenvalue weighted by Gasteiger charge is -2.62. The molecule has 1 N–H and O–H groups in total. The number of fused-ring (bicyclic) bond motifs is 2. The minimum atomic E-state index is -3.35. The van der Waals surface area contributed by atoms with Crippen molar-refractivity contribution >= 4 is 32.9 Å². The molecule has 4 atom stereocenters. The van der Waals surface area contributed by atoms with Gasteiger partial charge in [-0.2, -0.15) is 5.10 Å². The topological polar surface area (TPSA) is 98.1 Å². The molecule has 3 saturated carbocycles. The molecule has 172 valence electrons. The number of carbonyl (C=O) groups excluding carboxylic acids is 1. The largest absolute Gasteiger partial charge is 0.379 e. The Hall–Kier alpha value is -2.19. The summed E-state index contributed by atoms with van der Waals surface area (Å²) in [6, 6.07) is 5.83. The van der Waals surface area contributed by atoms with Crippen molar-refractivity contribution in [3.05, 3.63) is 51.4 Å². The number of hydrogen-bond donors (Lipinski definition) is 1. The lowest BCUT2D eigenvalue weighted by Crippen LogP contribution is -2.58. The Morgan fingerprint density at radius 3 is 2.47 bits per heavy atom. The highest BCUT2D eigenvalue weighted by Crippen LogP contribution is 2.61. The molecule has 5 rings (SSSR count). The molecular weight excluding hydrogens is 450 g/mol. The minimum Gasteiger partial charge on any atom is -0.379 e. The summed E-state index contributed by atoms with van der Waals surface area (Å²) < 4.78 is 24.2. The number of hydrogen-bond acceptors (Lipinski definition) is 6. The van der Waals surface area contributed by atoms with E-state index in [9.17, 15) is 18.0 Å². The molecule has 0 unspecified atom stereocenters. The molecule has 1 aromatic heterocycles. The number of carbonyl (C=O) groups is 1. The summed E-state index contributed by atoms with van der Waals surface area (Å²) in [5, 5.41) is 7.59. The average Bonchev–Trinajstić information content (AvgIpc) is 2.73. The molecule has 7 nitrogen and oxygen atoms in total. The molecule has 0 saturated heterocycles. The number of anilines is 1. The molecule has 3 aliphatic carbocycles. The number of aromatic nitrogens is 2. The van der Waals surface area contributed by atoms with Gasteiger partial charge in [-0.25, -0.2) is 13.1 Å². The van der Waals surface area contributed by atoms with Crippen molar-refractivity contribution in [3.63, 3.8) is 0 Å². The van der Waals surface area contributed by atoms with Crippen LogP contribution in [0.3, 0.4) is 0 Å². The van der Waals surface area contributed by atoms with Crippen molar-refractivity contribution in [2.45, 2.75) is 51.1 Å². The highest BCUT2D eigenvalue weighted by atomic mass is 35.5. The van der Waals surface area contributed by atoms with E-state index in [4.69, 9.17) is 11.6 Å². The number of rotatable bonds is 6. The number of halogens is 1. The Kier molecular flexibility index (Phi) is 5.74. The summed E-state index contributed by atoms with van der Waals surface area (Å²) >= 11 is 6.36. The number of nitrogens with zero attached hydrogens (tertiary/aromatic N) is 2. The second kappa shape index (κ2) is 7.99. The van der Waals surface area contributed by atoms with Crippen molar-refractivity contribution in [1.29, 1.82) is 0 Å². The third-order valence-corrected chi connectivity index (χ3v) is 9.07. The first-order chi connectivity index (χ1) is 14.9. The zero-order chi connectivity index (χ0) is 23.4. The molecule has 0 radical (unpaired) electrons. The molecular formula is C23H28ClN3O4S. The van der Waals surface area contributed by atoms with Crippen LogP contribution in [0.15, 0.2) is 40.2 Å². The van der Waals surface area contributed by atoms with Gasteiger partial charge in [-0.3, -0.25) is 9.59 Å². The highest BCUT2D eigenvalue weighted by Gasteiger charge is 2.56. The first-order valence-electron chi connectivity index (χ1n) is 10.7. The fourth-order valence-electron chi connectivity index (χ4n) is 5.33. The van der Waals surface area contributed by atoms with Crippen LogP contribution in [0.1, 0.15) is 44.0 Å². The number of benzene rings is 1. The second-order valence-electron chi connectivity index (χ2n) is 9.76. The molecule has 3 aliphatic rings. The van der Waals surface area contributed by atoms with Gasteiger partial charge in [-0.05, 0) is 48.1 Å². The van der Waals surface area contributed by atoms with Crippen LogP contribution in [-0.2, 0) is 16.4 Å². The normalized spacial score (nSPS) is 26.3. The Labute approximate surface area is 193 Å². The maximum Gasteiger partial charge on any atom is 0.288 e. The Bertz CT molecular complexity index is 1220. The molecule has 1 heterocycles. The molecule has 3 fully saturated rings. The summed E-state index contributed by atoms with van der Waals surface area (Å²) in [7, 11) is -3.35. The highest BCUT2D eigenvalue weighted by molar-refractivity contribution is 7.90. The lowest BCUT2D eigenvalue weighted by atomic mass is 9.45. The minimum absolute atomic E-state index is 0.0194. The van der Waals surface area contributed by atoms with Crippen molar-refractivity contribution in [1.82, 2.24) is 9.78 Å². The van der Waals surface area contributed by atoms with E-state index in [-0.39, 0.29) is 28.3 Å². The van der Waals surface area contributed by atoms with E-state index in [1.54, 1.807) is 0 Å². The average molecular weight is 478 g/mol. The van der Waals surface area contributed by atoms with Gasteiger partial charge in [0.2, 0.25) is 0 Å². The van der Waals surface area contributed by atoms with Crippen LogP contribution in [0.25, 0.3) is 0 Å². The number of nitrogens with one attached hydrogen (secondary N) is 1. The van der Waals surface area contributed by atoms with Crippen molar-refractivity contribution < 1.29 is 13.2 Å². The zero-order valence-electron chi connectivity index (χ0n) is 18.6. The van der Waals surface area contributed by atoms with Crippen LogP contribution in [0.2, 0.25) is 5.02 Å². The van der Waals surface area contributed by atoms with Gasteiger partial charge in [0.15, 0.2) is 15.6 Å². The molecule has 9 heteroatoms. The molecule has 0 aliphatic heterocycles. The van der Waals surface area contributed by atoms with E-state index < -0.39 is 15.4 Å². The predicted molar refractivity (Wildman–Crippen MR) is 124 cm³/mol.